The number of benzene rings is 1. The summed E-state index contributed by atoms with van der Waals surface area (Å²) in [4.78, 5) is 4.81. The zero-order chi connectivity index (χ0) is 13.7. The number of nitrogens with one attached hydrogen (secondary N) is 1. The van der Waals surface area contributed by atoms with Crippen LogP contribution in [0, 0.1) is 6.92 Å². The predicted molar refractivity (Wildman–Crippen MR) is 81.6 cm³/mol. The van der Waals surface area contributed by atoms with Crippen molar-refractivity contribution in [1.82, 2.24) is 14.9 Å². The molecule has 0 atom stereocenters. The third-order valence-corrected chi connectivity index (χ3v) is 3.38. The van der Waals surface area contributed by atoms with Crippen LogP contribution in [0.15, 0.2) is 18.2 Å². The number of hydrogen-bond acceptors (Lipinski definition) is 2. The van der Waals surface area contributed by atoms with E-state index >= 15 is 0 Å². The zero-order valence-electron chi connectivity index (χ0n) is 12.4. The van der Waals surface area contributed by atoms with Crippen LogP contribution in [0.4, 0.5) is 0 Å². The minimum atomic E-state index is 1.01. The third-order valence-electron chi connectivity index (χ3n) is 3.38. The fourth-order valence-electron chi connectivity index (χ4n) is 2.46. The molecule has 0 saturated carbocycles. The topological polar surface area (TPSA) is 29.9 Å². The van der Waals surface area contributed by atoms with Gasteiger partial charge in [0.15, 0.2) is 0 Å². The van der Waals surface area contributed by atoms with Crippen LogP contribution in [0.1, 0.15) is 38.1 Å². The summed E-state index contributed by atoms with van der Waals surface area (Å²) >= 11 is 0. The number of nitrogens with zero attached hydrogens (tertiary/aromatic N) is 2. The van der Waals surface area contributed by atoms with Gasteiger partial charge in [-0.1, -0.05) is 19.9 Å². The summed E-state index contributed by atoms with van der Waals surface area (Å²) in [6, 6.07) is 6.57. The van der Waals surface area contributed by atoms with E-state index in [-0.39, 0.29) is 0 Å². The van der Waals surface area contributed by atoms with Gasteiger partial charge in [0.25, 0.3) is 0 Å². The second-order valence-corrected chi connectivity index (χ2v) is 5.17. The molecule has 3 nitrogen and oxygen atoms in total. The fraction of sp³-hybridized carbons (Fsp3) is 0.562. The molecular formula is C16H25N3. The quantitative estimate of drug-likeness (QED) is 0.773. The van der Waals surface area contributed by atoms with Gasteiger partial charge in [0.1, 0.15) is 5.82 Å². The molecule has 1 aromatic carbocycles. The standard InChI is InChI=1S/C16H25N3/c1-4-9-17-10-8-16-18-14-12-13(3)6-7-15(14)19(16)11-5-2/h6-7,12,17H,4-5,8-11H2,1-3H3. The first-order chi connectivity index (χ1) is 9.26. The van der Waals surface area contributed by atoms with Crippen molar-refractivity contribution in [2.24, 2.45) is 0 Å². The molecular weight excluding hydrogens is 234 g/mol. The summed E-state index contributed by atoms with van der Waals surface area (Å²) in [6.45, 7) is 9.71. The van der Waals surface area contributed by atoms with Crippen molar-refractivity contribution in [3.05, 3.63) is 29.6 Å². The Labute approximate surface area is 116 Å². The first kappa shape index (κ1) is 14.1. The number of imidazole rings is 1. The third kappa shape index (κ3) is 3.35. The molecule has 0 bridgehead atoms. The number of hydrogen-bond donors (Lipinski definition) is 1. The van der Waals surface area contributed by atoms with Gasteiger partial charge in [-0.2, -0.15) is 0 Å². The Bertz CT molecular complexity index is 528. The van der Waals surface area contributed by atoms with E-state index in [1.54, 1.807) is 0 Å². The Kier molecular flexibility index (Phi) is 4.97. The van der Waals surface area contributed by atoms with Crippen LogP contribution < -0.4 is 5.32 Å². The maximum atomic E-state index is 4.81. The molecule has 2 aromatic rings. The fourth-order valence-corrected chi connectivity index (χ4v) is 2.46. The van der Waals surface area contributed by atoms with Crippen molar-refractivity contribution in [2.75, 3.05) is 13.1 Å². The molecule has 0 spiro atoms. The van der Waals surface area contributed by atoms with E-state index in [1.807, 2.05) is 0 Å². The molecule has 19 heavy (non-hydrogen) atoms. The lowest BCUT2D eigenvalue weighted by molar-refractivity contribution is 0.613. The molecule has 1 aromatic heterocycles. The summed E-state index contributed by atoms with van der Waals surface area (Å²) < 4.78 is 2.38. The van der Waals surface area contributed by atoms with E-state index in [0.717, 1.165) is 38.0 Å². The lowest BCUT2D eigenvalue weighted by Gasteiger charge is -2.08. The Balaban J connectivity index is 2.22. The van der Waals surface area contributed by atoms with Gasteiger partial charge in [0.05, 0.1) is 11.0 Å². The second kappa shape index (κ2) is 6.71. The van der Waals surface area contributed by atoms with E-state index in [1.165, 1.54) is 23.3 Å². The summed E-state index contributed by atoms with van der Waals surface area (Å²) in [6.07, 6.45) is 3.34. The van der Waals surface area contributed by atoms with Crippen LogP contribution in [0.2, 0.25) is 0 Å². The van der Waals surface area contributed by atoms with Crippen LogP contribution >= 0.6 is 0 Å². The Hall–Kier alpha value is -1.35. The average Bonchev–Trinajstić information content (AvgIpc) is 2.73. The molecule has 3 heteroatoms. The van der Waals surface area contributed by atoms with Crippen LogP contribution in [0.5, 0.6) is 0 Å². The zero-order valence-corrected chi connectivity index (χ0v) is 12.4. The number of rotatable bonds is 7. The summed E-state index contributed by atoms with van der Waals surface area (Å²) in [5.74, 6) is 1.21. The first-order valence-electron chi connectivity index (χ1n) is 7.42. The van der Waals surface area contributed by atoms with Crippen molar-refractivity contribution >= 4 is 11.0 Å². The maximum Gasteiger partial charge on any atom is 0.111 e. The van der Waals surface area contributed by atoms with Crippen molar-refractivity contribution in [1.29, 1.82) is 0 Å². The molecule has 2 rings (SSSR count). The number of aryl methyl sites for hydroxylation is 2. The van der Waals surface area contributed by atoms with Gasteiger partial charge in [-0.15, -0.1) is 0 Å². The molecule has 1 heterocycles. The smallest absolute Gasteiger partial charge is 0.111 e. The molecule has 0 unspecified atom stereocenters. The molecule has 0 aliphatic carbocycles. The lowest BCUT2D eigenvalue weighted by atomic mass is 10.2. The molecule has 0 radical (unpaired) electrons. The van der Waals surface area contributed by atoms with E-state index in [2.05, 4.69) is 48.9 Å². The van der Waals surface area contributed by atoms with Crippen molar-refractivity contribution in [2.45, 2.75) is 46.6 Å². The normalized spacial score (nSPS) is 11.3. The van der Waals surface area contributed by atoms with E-state index in [4.69, 9.17) is 4.98 Å². The predicted octanol–water partition coefficient (Wildman–Crippen LogP) is 3.30. The van der Waals surface area contributed by atoms with Gasteiger partial charge in [-0.05, 0) is 44.0 Å². The molecule has 104 valence electrons. The van der Waals surface area contributed by atoms with E-state index in [9.17, 15) is 0 Å². The minimum absolute atomic E-state index is 1.01. The molecule has 0 aliphatic rings. The maximum absolute atomic E-state index is 4.81. The van der Waals surface area contributed by atoms with Gasteiger partial charge in [0, 0.05) is 19.5 Å². The van der Waals surface area contributed by atoms with Crippen LogP contribution in [0.3, 0.4) is 0 Å². The van der Waals surface area contributed by atoms with Crippen LogP contribution in [-0.4, -0.2) is 22.6 Å². The van der Waals surface area contributed by atoms with Crippen LogP contribution in [0.25, 0.3) is 11.0 Å². The van der Waals surface area contributed by atoms with E-state index < -0.39 is 0 Å². The molecule has 0 amide bonds. The molecule has 1 N–H and O–H groups in total. The highest BCUT2D eigenvalue weighted by Gasteiger charge is 2.09. The molecule has 0 aliphatic heterocycles. The highest BCUT2D eigenvalue weighted by atomic mass is 15.1. The first-order valence-corrected chi connectivity index (χ1v) is 7.42. The number of fused-ring (bicyclic) bond motifs is 1. The minimum Gasteiger partial charge on any atom is -0.328 e. The van der Waals surface area contributed by atoms with Crippen molar-refractivity contribution in [3.63, 3.8) is 0 Å². The Morgan fingerprint density at radius 2 is 2.00 bits per heavy atom. The Morgan fingerprint density at radius 1 is 1.16 bits per heavy atom. The second-order valence-electron chi connectivity index (χ2n) is 5.17. The summed E-state index contributed by atoms with van der Waals surface area (Å²) in [5.41, 5.74) is 3.70. The summed E-state index contributed by atoms with van der Waals surface area (Å²) in [7, 11) is 0. The lowest BCUT2D eigenvalue weighted by Crippen LogP contribution is -2.19. The molecule has 0 saturated heterocycles. The highest BCUT2D eigenvalue weighted by Crippen LogP contribution is 2.18. The van der Waals surface area contributed by atoms with E-state index in [0.29, 0.717) is 0 Å². The monoisotopic (exact) mass is 259 g/mol. The average molecular weight is 259 g/mol. The number of aromatic nitrogens is 2. The SMILES string of the molecule is CCCNCCc1nc2cc(C)ccc2n1CCC. The van der Waals surface area contributed by atoms with Crippen molar-refractivity contribution < 1.29 is 0 Å². The van der Waals surface area contributed by atoms with Gasteiger partial charge < -0.3 is 9.88 Å². The summed E-state index contributed by atoms with van der Waals surface area (Å²) in [5, 5.41) is 3.46. The van der Waals surface area contributed by atoms with Crippen molar-refractivity contribution in [3.8, 4) is 0 Å². The van der Waals surface area contributed by atoms with Gasteiger partial charge in [-0.3, -0.25) is 0 Å². The molecule has 0 fully saturated rings. The van der Waals surface area contributed by atoms with Gasteiger partial charge >= 0.3 is 0 Å². The van der Waals surface area contributed by atoms with Gasteiger partial charge in [-0.25, -0.2) is 4.98 Å². The van der Waals surface area contributed by atoms with Crippen LogP contribution in [-0.2, 0) is 13.0 Å². The highest BCUT2D eigenvalue weighted by molar-refractivity contribution is 5.76. The largest absolute Gasteiger partial charge is 0.328 e. The van der Waals surface area contributed by atoms with Gasteiger partial charge in [0.2, 0.25) is 0 Å². The Morgan fingerprint density at radius 3 is 2.74 bits per heavy atom.